The number of hydrogen-bond donors (Lipinski definition) is 1. The summed E-state index contributed by atoms with van der Waals surface area (Å²) < 4.78 is 16.6. The van der Waals surface area contributed by atoms with E-state index in [0.717, 1.165) is 70.1 Å². The Morgan fingerprint density at radius 2 is 1.85 bits per heavy atom. The van der Waals surface area contributed by atoms with Crippen LogP contribution in [0.15, 0.2) is 66.0 Å². The number of rotatable bonds is 3. The van der Waals surface area contributed by atoms with Gasteiger partial charge in [-0.1, -0.05) is 18.2 Å². The number of pyridine rings is 2. The van der Waals surface area contributed by atoms with Gasteiger partial charge in [-0.2, -0.15) is 0 Å². The Hall–Kier alpha value is -4.13. The number of nitrogens with zero attached hydrogens (tertiary/aromatic N) is 5. The molecular formula is C27H23FN6. The lowest BCUT2D eigenvalue weighted by Gasteiger charge is -2.11. The highest BCUT2D eigenvalue weighted by Gasteiger charge is 2.21. The summed E-state index contributed by atoms with van der Waals surface area (Å²) >= 11 is 0. The number of aromatic nitrogens is 5. The molecule has 6 nitrogen and oxygen atoms in total. The molecule has 7 heteroatoms. The molecule has 0 unspecified atom stereocenters. The number of fused-ring (bicyclic) bond motifs is 2. The van der Waals surface area contributed by atoms with Crippen LogP contribution in [0.4, 0.5) is 4.39 Å². The third-order valence-corrected chi connectivity index (χ3v) is 6.53. The van der Waals surface area contributed by atoms with Crippen molar-refractivity contribution in [1.82, 2.24) is 24.5 Å². The smallest absolute Gasteiger partial charge is 0.138 e. The van der Waals surface area contributed by atoms with Crippen molar-refractivity contribution in [1.29, 1.82) is 0 Å². The van der Waals surface area contributed by atoms with Crippen LogP contribution in [0.3, 0.4) is 0 Å². The third-order valence-electron chi connectivity index (χ3n) is 6.53. The number of halogens is 1. The van der Waals surface area contributed by atoms with Crippen molar-refractivity contribution < 1.29 is 4.39 Å². The van der Waals surface area contributed by atoms with E-state index in [0.29, 0.717) is 11.2 Å². The van der Waals surface area contributed by atoms with Crippen LogP contribution in [-0.4, -0.2) is 36.8 Å². The summed E-state index contributed by atoms with van der Waals surface area (Å²) in [6.45, 7) is 2.70. The molecule has 0 fully saturated rings. The van der Waals surface area contributed by atoms with E-state index in [1.807, 2.05) is 44.6 Å². The van der Waals surface area contributed by atoms with Crippen LogP contribution >= 0.6 is 0 Å². The first-order chi connectivity index (χ1) is 16.6. The number of benzene rings is 1. The molecule has 34 heavy (non-hydrogen) atoms. The zero-order valence-corrected chi connectivity index (χ0v) is 19.0. The molecule has 0 atom stereocenters. The summed E-state index contributed by atoms with van der Waals surface area (Å²) in [4.78, 5) is 22.1. The lowest BCUT2D eigenvalue weighted by molar-refractivity contribution is 0.631. The summed E-state index contributed by atoms with van der Waals surface area (Å²) in [6, 6.07) is 12.8. The monoisotopic (exact) mass is 450 g/mol. The maximum atomic E-state index is 14.6. The van der Waals surface area contributed by atoms with Crippen LogP contribution in [-0.2, 0) is 13.5 Å². The van der Waals surface area contributed by atoms with Crippen LogP contribution < -0.4 is 0 Å². The molecule has 1 aliphatic rings. The summed E-state index contributed by atoms with van der Waals surface area (Å²) in [5.74, 6) is 0.691. The largest absolute Gasteiger partial charge is 0.338 e. The molecule has 0 aliphatic carbocycles. The molecule has 4 aromatic heterocycles. The molecule has 1 aliphatic heterocycles. The summed E-state index contributed by atoms with van der Waals surface area (Å²) in [6.07, 6.45) is 7.30. The summed E-state index contributed by atoms with van der Waals surface area (Å²) in [7, 11) is 2.01. The van der Waals surface area contributed by atoms with Crippen molar-refractivity contribution in [3.63, 3.8) is 0 Å². The van der Waals surface area contributed by atoms with E-state index in [-0.39, 0.29) is 5.82 Å². The molecule has 5 aromatic rings. The van der Waals surface area contributed by atoms with Gasteiger partial charge in [0.15, 0.2) is 0 Å². The first-order valence-corrected chi connectivity index (χ1v) is 11.4. The Labute approximate surface area is 196 Å². The average Bonchev–Trinajstić information content (AvgIpc) is 3.35. The lowest BCUT2D eigenvalue weighted by atomic mass is 10.00. The van der Waals surface area contributed by atoms with Gasteiger partial charge in [0.05, 0.1) is 23.3 Å². The van der Waals surface area contributed by atoms with Crippen LogP contribution in [0.5, 0.6) is 0 Å². The summed E-state index contributed by atoms with van der Waals surface area (Å²) in [5, 5.41) is 0.863. The quantitative estimate of drug-likeness (QED) is 0.408. The van der Waals surface area contributed by atoms with Crippen molar-refractivity contribution in [3.05, 3.63) is 89.6 Å². The minimum atomic E-state index is -0.254. The molecule has 0 radical (unpaired) electrons. The zero-order valence-electron chi connectivity index (χ0n) is 19.0. The summed E-state index contributed by atoms with van der Waals surface area (Å²) in [5.41, 5.74) is 7.82. The molecule has 1 aromatic carbocycles. The standard InChI is InChI=1S/C27H23FN6/c1-16-31-15-25(34(16)2)17-12-21-23(32-14-17)8-5-10-29-26(21)24-13-20-18(9-11-30-27(20)33-24)19-6-3-4-7-22(19)28/h3-4,6-7,9,11-15H,5,8,10H2,1-2H3,(H,30,33). The fourth-order valence-corrected chi connectivity index (χ4v) is 4.63. The predicted octanol–water partition coefficient (Wildman–Crippen LogP) is 5.26. The normalized spacial score (nSPS) is 13.6. The predicted molar refractivity (Wildman–Crippen MR) is 131 cm³/mol. The Morgan fingerprint density at radius 3 is 2.68 bits per heavy atom. The van der Waals surface area contributed by atoms with Crippen molar-refractivity contribution in [2.45, 2.75) is 19.8 Å². The van der Waals surface area contributed by atoms with Gasteiger partial charge in [0.1, 0.15) is 17.3 Å². The lowest BCUT2D eigenvalue weighted by Crippen LogP contribution is -2.08. The van der Waals surface area contributed by atoms with E-state index < -0.39 is 0 Å². The van der Waals surface area contributed by atoms with Crippen molar-refractivity contribution in [2.75, 3.05) is 6.54 Å². The number of hydrogen-bond acceptors (Lipinski definition) is 4. The Kier molecular flexibility index (Phi) is 4.83. The van der Waals surface area contributed by atoms with E-state index in [1.54, 1.807) is 18.3 Å². The molecule has 0 saturated carbocycles. The minimum Gasteiger partial charge on any atom is -0.338 e. The first kappa shape index (κ1) is 20.5. The molecule has 6 rings (SSSR count). The Morgan fingerprint density at radius 1 is 0.971 bits per heavy atom. The second kappa shape index (κ2) is 8.02. The second-order valence-electron chi connectivity index (χ2n) is 8.59. The maximum Gasteiger partial charge on any atom is 0.138 e. The fraction of sp³-hybridized carbons (Fsp3) is 0.185. The van der Waals surface area contributed by atoms with Gasteiger partial charge in [0, 0.05) is 53.8 Å². The van der Waals surface area contributed by atoms with Gasteiger partial charge in [-0.25, -0.2) is 14.4 Å². The number of nitrogens with one attached hydrogen (secondary N) is 1. The van der Waals surface area contributed by atoms with E-state index in [2.05, 4.69) is 25.6 Å². The molecule has 0 spiro atoms. The third kappa shape index (κ3) is 3.32. The zero-order chi connectivity index (χ0) is 23.2. The van der Waals surface area contributed by atoms with E-state index in [4.69, 9.17) is 9.98 Å². The van der Waals surface area contributed by atoms with Crippen LogP contribution in [0.25, 0.3) is 33.4 Å². The van der Waals surface area contributed by atoms with Gasteiger partial charge in [0.25, 0.3) is 0 Å². The maximum absolute atomic E-state index is 14.6. The van der Waals surface area contributed by atoms with Crippen LogP contribution in [0, 0.1) is 12.7 Å². The number of imidazole rings is 1. The SMILES string of the molecule is Cc1ncc(-c2cnc3c(c2)C(c2cc4c(-c5ccccc5F)ccnc4[nH]2)=NCCC3)n1C. The number of aromatic amines is 1. The highest BCUT2D eigenvalue weighted by Crippen LogP contribution is 2.32. The highest BCUT2D eigenvalue weighted by atomic mass is 19.1. The molecule has 5 heterocycles. The van der Waals surface area contributed by atoms with Gasteiger partial charge in [-0.3, -0.25) is 9.98 Å². The topological polar surface area (TPSA) is 71.8 Å². The molecular weight excluding hydrogens is 427 g/mol. The van der Waals surface area contributed by atoms with Crippen molar-refractivity contribution >= 4 is 16.7 Å². The Bertz CT molecular complexity index is 1580. The highest BCUT2D eigenvalue weighted by molar-refractivity contribution is 6.15. The van der Waals surface area contributed by atoms with E-state index in [9.17, 15) is 4.39 Å². The molecule has 0 saturated heterocycles. The van der Waals surface area contributed by atoms with Crippen LogP contribution in [0.2, 0.25) is 0 Å². The van der Waals surface area contributed by atoms with E-state index >= 15 is 0 Å². The van der Waals surface area contributed by atoms with Crippen molar-refractivity contribution in [2.24, 2.45) is 12.0 Å². The van der Waals surface area contributed by atoms with Gasteiger partial charge in [0.2, 0.25) is 0 Å². The second-order valence-corrected chi connectivity index (χ2v) is 8.59. The molecule has 0 bridgehead atoms. The molecule has 0 amide bonds. The van der Waals surface area contributed by atoms with Gasteiger partial charge in [-0.15, -0.1) is 0 Å². The molecule has 168 valence electrons. The van der Waals surface area contributed by atoms with Gasteiger partial charge in [-0.05, 0) is 49.6 Å². The van der Waals surface area contributed by atoms with Crippen molar-refractivity contribution in [3.8, 4) is 22.4 Å². The number of H-pyrrole nitrogens is 1. The average molecular weight is 451 g/mol. The van der Waals surface area contributed by atoms with Crippen LogP contribution in [0.1, 0.15) is 29.2 Å². The van der Waals surface area contributed by atoms with Gasteiger partial charge >= 0.3 is 0 Å². The molecule has 1 N–H and O–H groups in total. The Balaban J connectivity index is 1.51. The van der Waals surface area contributed by atoms with E-state index in [1.165, 1.54) is 6.07 Å². The fourth-order valence-electron chi connectivity index (χ4n) is 4.63. The van der Waals surface area contributed by atoms with Gasteiger partial charge < -0.3 is 9.55 Å². The first-order valence-electron chi connectivity index (χ1n) is 11.4. The number of aliphatic imine (C=N–C) groups is 1. The number of aryl methyl sites for hydroxylation is 2. The minimum absolute atomic E-state index is 0.254.